The van der Waals surface area contributed by atoms with E-state index < -0.39 is 5.97 Å². The molecule has 3 heteroatoms. The van der Waals surface area contributed by atoms with Crippen molar-refractivity contribution in [2.45, 2.75) is 0 Å². The topological polar surface area (TPSA) is 50.1 Å². The van der Waals surface area contributed by atoms with Crippen molar-refractivity contribution < 1.29 is 9.53 Å². The average molecular weight is 211 g/mol. The summed E-state index contributed by atoms with van der Waals surface area (Å²) in [6.45, 7) is 0. The van der Waals surface area contributed by atoms with Gasteiger partial charge in [0.25, 0.3) is 0 Å². The van der Waals surface area contributed by atoms with E-state index in [1.807, 2.05) is 18.2 Å². The number of hydrogen-bond donors (Lipinski definition) is 0. The van der Waals surface area contributed by atoms with Gasteiger partial charge in [-0.15, -0.1) is 0 Å². The maximum atomic E-state index is 11.4. The summed E-state index contributed by atoms with van der Waals surface area (Å²) in [6, 6.07) is 12.7. The summed E-state index contributed by atoms with van der Waals surface area (Å²) in [5, 5.41) is 10.7. The molecular formula is C13H9NO2. The Bertz CT molecular complexity index is 596. The van der Waals surface area contributed by atoms with Crippen molar-refractivity contribution in [2.24, 2.45) is 0 Å². The quantitative estimate of drug-likeness (QED) is 0.681. The number of nitrogens with zero attached hydrogens (tertiary/aromatic N) is 1. The molecule has 0 unspecified atom stereocenters. The van der Waals surface area contributed by atoms with Crippen LogP contribution in [0.15, 0.2) is 36.4 Å². The highest BCUT2D eigenvalue weighted by molar-refractivity contribution is 5.97. The van der Waals surface area contributed by atoms with Gasteiger partial charge < -0.3 is 4.74 Å². The van der Waals surface area contributed by atoms with Gasteiger partial charge in [-0.1, -0.05) is 18.2 Å². The van der Waals surface area contributed by atoms with Crippen LogP contribution in [-0.2, 0) is 4.74 Å². The van der Waals surface area contributed by atoms with E-state index in [4.69, 9.17) is 5.26 Å². The largest absolute Gasteiger partial charge is 0.465 e. The molecule has 0 aliphatic heterocycles. The standard InChI is InChI=1S/C13H9NO2/c1-16-13(15)10-6-5-9-3-2-4-11(8-14)12(9)7-10/h2-7H,1H3. The third-order valence-corrected chi connectivity index (χ3v) is 2.42. The number of ether oxygens (including phenoxy) is 1. The molecule has 2 aromatic carbocycles. The molecule has 78 valence electrons. The first-order chi connectivity index (χ1) is 7.76. The SMILES string of the molecule is COC(=O)c1ccc2cccc(C#N)c2c1. The zero-order chi connectivity index (χ0) is 11.5. The summed E-state index contributed by atoms with van der Waals surface area (Å²) >= 11 is 0. The molecule has 0 N–H and O–H groups in total. The summed E-state index contributed by atoms with van der Waals surface area (Å²) in [4.78, 5) is 11.4. The highest BCUT2D eigenvalue weighted by Gasteiger charge is 2.07. The molecule has 0 bridgehead atoms. The van der Waals surface area contributed by atoms with Crippen LogP contribution < -0.4 is 0 Å². The second-order valence-corrected chi connectivity index (χ2v) is 3.34. The summed E-state index contributed by atoms with van der Waals surface area (Å²) in [7, 11) is 1.34. The van der Waals surface area contributed by atoms with Crippen LogP contribution in [0.2, 0.25) is 0 Å². The maximum Gasteiger partial charge on any atom is 0.337 e. The molecule has 16 heavy (non-hydrogen) atoms. The monoisotopic (exact) mass is 211 g/mol. The number of esters is 1. The van der Waals surface area contributed by atoms with Crippen LogP contribution in [0, 0.1) is 11.3 Å². The van der Waals surface area contributed by atoms with Gasteiger partial charge in [0.1, 0.15) is 0 Å². The lowest BCUT2D eigenvalue weighted by atomic mass is 10.0. The number of fused-ring (bicyclic) bond motifs is 1. The van der Waals surface area contributed by atoms with Crippen molar-refractivity contribution >= 4 is 16.7 Å². The molecule has 0 aliphatic carbocycles. The Kier molecular flexibility index (Phi) is 2.57. The molecule has 0 atom stereocenters. The zero-order valence-electron chi connectivity index (χ0n) is 8.73. The lowest BCUT2D eigenvalue weighted by Gasteiger charge is -2.03. The first kappa shape index (κ1) is 10.2. The zero-order valence-corrected chi connectivity index (χ0v) is 8.73. The van der Waals surface area contributed by atoms with Crippen molar-refractivity contribution in [1.82, 2.24) is 0 Å². The molecule has 0 aliphatic rings. The van der Waals surface area contributed by atoms with E-state index in [-0.39, 0.29) is 0 Å². The molecule has 0 saturated heterocycles. The van der Waals surface area contributed by atoms with Gasteiger partial charge in [-0.05, 0) is 23.6 Å². The second-order valence-electron chi connectivity index (χ2n) is 3.34. The third kappa shape index (κ3) is 1.61. The minimum Gasteiger partial charge on any atom is -0.465 e. The Labute approximate surface area is 92.9 Å². The fourth-order valence-corrected chi connectivity index (χ4v) is 1.61. The molecule has 0 aromatic heterocycles. The first-order valence-electron chi connectivity index (χ1n) is 4.77. The number of hydrogen-bond acceptors (Lipinski definition) is 3. The van der Waals surface area contributed by atoms with Crippen LogP contribution >= 0.6 is 0 Å². The third-order valence-electron chi connectivity index (χ3n) is 2.42. The van der Waals surface area contributed by atoms with Crippen molar-refractivity contribution in [3.63, 3.8) is 0 Å². The lowest BCUT2D eigenvalue weighted by Crippen LogP contribution is -2.00. The second kappa shape index (κ2) is 4.03. The normalized spacial score (nSPS) is 9.75. The van der Waals surface area contributed by atoms with E-state index in [0.717, 1.165) is 10.8 Å². The Balaban J connectivity index is 2.69. The van der Waals surface area contributed by atoms with Gasteiger partial charge >= 0.3 is 5.97 Å². The van der Waals surface area contributed by atoms with Crippen molar-refractivity contribution in [2.75, 3.05) is 7.11 Å². The van der Waals surface area contributed by atoms with Crippen molar-refractivity contribution in [3.8, 4) is 6.07 Å². The number of benzene rings is 2. The van der Waals surface area contributed by atoms with Crippen molar-refractivity contribution in [1.29, 1.82) is 5.26 Å². The van der Waals surface area contributed by atoms with Gasteiger partial charge in [0.05, 0.1) is 24.3 Å². The molecule has 0 amide bonds. The van der Waals surface area contributed by atoms with E-state index in [9.17, 15) is 4.79 Å². The summed E-state index contributed by atoms with van der Waals surface area (Å²) < 4.78 is 4.64. The van der Waals surface area contributed by atoms with Crippen LogP contribution in [0.5, 0.6) is 0 Å². The average Bonchev–Trinajstić information content (AvgIpc) is 2.36. The van der Waals surface area contributed by atoms with E-state index in [1.165, 1.54) is 7.11 Å². The number of carbonyl (C=O) groups is 1. The van der Waals surface area contributed by atoms with E-state index in [1.54, 1.807) is 18.2 Å². The van der Waals surface area contributed by atoms with Gasteiger partial charge in [-0.3, -0.25) is 0 Å². The highest BCUT2D eigenvalue weighted by atomic mass is 16.5. The fourth-order valence-electron chi connectivity index (χ4n) is 1.61. The first-order valence-corrected chi connectivity index (χ1v) is 4.77. The lowest BCUT2D eigenvalue weighted by molar-refractivity contribution is 0.0601. The molecule has 0 fully saturated rings. The van der Waals surface area contributed by atoms with Crippen molar-refractivity contribution in [3.05, 3.63) is 47.5 Å². The Morgan fingerprint density at radius 1 is 1.31 bits per heavy atom. The van der Waals surface area contributed by atoms with Gasteiger partial charge in [0, 0.05) is 5.39 Å². The highest BCUT2D eigenvalue weighted by Crippen LogP contribution is 2.20. The molecule has 3 nitrogen and oxygen atoms in total. The van der Waals surface area contributed by atoms with Gasteiger partial charge in [-0.25, -0.2) is 4.79 Å². The predicted molar refractivity (Wildman–Crippen MR) is 60.0 cm³/mol. The van der Waals surface area contributed by atoms with Gasteiger partial charge in [0.15, 0.2) is 0 Å². The van der Waals surface area contributed by atoms with Crippen LogP contribution in [0.4, 0.5) is 0 Å². The number of rotatable bonds is 1. The molecule has 2 rings (SSSR count). The minimum absolute atomic E-state index is 0.394. The Morgan fingerprint density at radius 2 is 2.12 bits per heavy atom. The minimum atomic E-state index is -0.394. The molecular weight excluding hydrogens is 202 g/mol. The Hall–Kier alpha value is -2.34. The Morgan fingerprint density at radius 3 is 2.81 bits per heavy atom. The summed E-state index contributed by atoms with van der Waals surface area (Å²) in [5.74, 6) is -0.394. The molecule has 0 heterocycles. The molecule has 0 radical (unpaired) electrons. The van der Waals surface area contributed by atoms with E-state index in [0.29, 0.717) is 11.1 Å². The fraction of sp³-hybridized carbons (Fsp3) is 0.0769. The molecule has 0 saturated carbocycles. The molecule has 0 spiro atoms. The smallest absolute Gasteiger partial charge is 0.337 e. The number of nitriles is 1. The van der Waals surface area contributed by atoms with Gasteiger partial charge in [0.2, 0.25) is 0 Å². The maximum absolute atomic E-state index is 11.4. The van der Waals surface area contributed by atoms with Crippen LogP contribution in [0.3, 0.4) is 0 Å². The number of methoxy groups -OCH3 is 1. The van der Waals surface area contributed by atoms with E-state index in [2.05, 4.69) is 10.8 Å². The number of carbonyl (C=O) groups excluding carboxylic acids is 1. The van der Waals surface area contributed by atoms with E-state index >= 15 is 0 Å². The summed E-state index contributed by atoms with van der Waals surface area (Å²) in [6.07, 6.45) is 0. The van der Waals surface area contributed by atoms with Gasteiger partial charge in [-0.2, -0.15) is 5.26 Å². The van der Waals surface area contributed by atoms with Crippen LogP contribution in [0.25, 0.3) is 10.8 Å². The van der Waals surface area contributed by atoms with Crippen LogP contribution in [0.1, 0.15) is 15.9 Å². The predicted octanol–water partition coefficient (Wildman–Crippen LogP) is 2.50. The summed E-state index contributed by atoms with van der Waals surface area (Å²) in [5.41, 5.74) is 1.01. The van der Waals surface area contributed by atoms with Crippen LogP contribution in [-0.4, -0.2) is 13.1 Å². The molecule has 2 aromatic rings.